The van der Waals surface area contributed by atoms with Crippen LogP contribution in [0.4, 0.5) is 0 Å². The van der Waals surface area contributed by atoms with Crippen LogP contribution in [0.1, 0.15) is 56.2 Å². The SMILES string of the molecule is CCCCCC(NC(=O)CCc1cccnc1)c1ccccc1. The van der Waals surface area contributed by atoms with Gasteiger partial charge in [0.05, 0.1) is 6.04 Å². The maximum Gasteiger partial charge on any atom is 0.220 e. The number of unbranched alkanes of at least 4 members (excludes halogenated alkanes) is 2. The van der Waals surface area contributed by atoms with Crippen LogP contribution in [0, 0.1) is 0 Å². The molecule has 0 saturated carbocycles. The van der Waals surface area contributed by atoms with E-state index in [0.29, 0.717) is 6.42 Å². The van der Waals surface area contributed by atoms with Gasteiger partial charge in [-0.15, -0.1) is 0 Å². The molecule has 1 unspecified atom stereocenters. The minimum Gasteiger partial charge on any atom is -0.349 e. The Bertz CT molecular complexity index is 569. The summed E-state index contributed by atoms with van der Waals surface area (Å²) >= 11 is 0. The van der Waals surface area contributed by atoms with E-state index in [4.69, 9.17) is 0 Å². The fraction of sp³-hybridized carbons (Fsp3) is 0.400. The van der Waals surface area contributed by atoms with E-state index in [1.54, 1.807) is 6.20 Å². The molecule has 1 atom stereocenters. The minimum absolute atomic E-state index is 0.110. The minimum atomic E-state index is 0.110. The Morgan fingerprint density at radius 2 is 1.96 bits per heavy atom. The monoisotopic (exact) mass is 310 g/mol. The van der Waals surface area contributed by atoms with E-state index < -0.39 is 0 Å². The van der Waals surface area contributed by atoms with E-state index in [1.807, 2.05) is 36.5 Å². The zero-order chi connectivity index (χ0) is 16.3. The number of hydrogen-bond donors (Lipinski definition) is 1. The Hall–Kier alpha value is -2.16. The van der Waals surface area contributed by atoms with E-state index in [1.165, 1.54) is 18.4 Å². The third kappa shape index (κ3) is 6.23. The number of aromatic nitrogens is 1. The highest BCUT2D eigenvalue weighted by Gasteiger charge is 2.14. The normalized spacial score (nSPS) is 11.9. The molecule has 0 radical (unpaired) electrons. The van der Waals surface area contributed by atoms with E-state index in [9.17, 15) is 4.79 Å². The molecular weight excluding hydrogens is 284 g/mol. The smallest absolute Gasteiger partial charge is 0.220 e. The van der Waals surface area contributed by atoms with Crippen molar-refractivity contribution in [1.29, 1.82) is 0 Å². The Balaban J connectivity index is 1.89. The largest absolute Gasteiger partial charge is 0.349 e. The molecule has 1 heterocycles. The van der Waals surface area contributed by atoms with Crippen LogP contribution in [-0.4, -0.2) is 10.9 Å². The highest BCUT2D eigenvalue weighted by atomic mass is 16.1. The second-order valence-corrected chi connectivity index (χ2v) is 5.89. The third-order valence-electron chi connectivity index (χ3n) is 4.00. The van der Waals surface area contributed by atoms with Gasteiger partial charge in [0.25, 0.3) is 0 Å². The molecule has 0 aliphatic rings. The summed E-state index contributed by atoms with van der Waals surface area (Å²) in [5, 5.41) is 3.20. The van der Waals surface area contributed by atoms with Gasteiger partial charge in [0.15, 0.2) is 0 Å². The summed E-state index contributed by atoms with van der Waals surface area (Å²) < 4.78 is 0. The summed E-state index contributed by atoms with van der Waals surface area (Å²) in [7, 11) is 0. The molecule has 122 valence electrons. The highest BCUT2D eigenvalue weighted by molar-refractivity contribution is 5.76. The van der Waals surface area contributed by atoms with Crippen molar-refractivity contribution < 1.29 is 4.79 Å². The Morgan fingerprint density at radius 3 is 2.65 bits per heavy atom. The molecule has 3 heteroatoms. The van der Waals surface area contributed by atoms with Gasteiger partial charge in [-0.05, 0) is 30.0 Å². The third-order valence-corrected chi connectivity index (χ3v) is 4.00. The first-order chi connectivity index (χ1) is 11.3. The number of carbonyl (C=O) groups is 1. The summed E-state index contributed by atoms with van der Waals surface area (Å²) in [5.41, 5.74) is 2.29. The number of carbonyl (C=O) groups excluding carboxylic acids is 1. The van der Waals surface area contributed by atoms with Crippen molar-refractivity contribution in [2.24, 2.45) is 0 Å². The lowest BCUT2D eigenvalue weighted by molar-refractivity contribution is -0.121. The quantitative estimate of drug-likeness (QED) is 0.695. The molecule has 1 N–H and O–H groups in total. The molecule has 0 fully saturated rings. The van der Waals surface area contributed by atoms with Crippen molar-refractivity contribution in [1.82, 2.24) is 10.3 Å². The fourth-order valence-corrected chi connectivity index (χ4v) is 2.68. The number of amides is 1. The van der Waals surface area contributed by atoms with E-state index in [2.05, 4.69) is 29.4 Å². The average molecular weight is 310 g/mol. The Labute approximate surface area is 139 Å². The molecule has 0 aliphatic heterocycles. The van der Waals surface area contributed by atoms with Gasteiger partial charge in [-0.3, -0.25) is 9.78 Å². The van der Waals surface area contributed by atoms with Crippen LogP contribution < -0.4 is 5.32 Å². The second-order valence-electron chi connectivity index (χ2n) is 5.89. The van der Waals surface area contributed by atoms with Crippen LogP contribution in [0.2, 0.25) is 0 Å². The summed E-state index contributed by atoms with van der Waals surface area (Å²) in [6.07, 6.45) is 9.34. The maximum atomic E-state index is 12.3. The molecule has 1 amide bonds. The van der Waals surface area contributed by atoms with Crippen molar-refractivity contribution >= 4 is 5.91 Å². The lowest BCUT2D eigenvalue weighted by atomic mass is 10.00. The van der Waals surface area contributed by atoms with E-state index >= 15 is 0 Å². The Morgan fingerprint density at radius 1 is 1.13 bits per heavy atom. The van der Waals surface area contributed by atoms with Gasteiger partial charge in [-0.2, -0.15) is 0 Å². The van der Waals surface area contributed by atoms with E-state index in [0.717, 1.165) is 24.8 Å². The lowest BCUT2D eigenvalue weighted by Gasteiger charge is -2.19. The molecule has 0 saturated heterocycles. The molecule has 0 bridgehead atoms. The number of nitrogens with one attached hydrogen (secondary N) is 1. The van der Waals surface area contributed by atoms with Gasteiger partial charge in [-0.1, -0.05) is 62.6 Å². The highest BCUT2D eigenvalue weighted by Crippen LogP contribution is 2.20. The molecule has 3 nitrogen and oxygen atoms in total. The molecule has 2 rings (SSSR count). The number of aryl methyl sites for hydroxylation is 1. The molecule has 1 aromatic carbocycles. The summed E-state index contributed by atoms with van der Waals surface area (Å²) in [6.45, 7) is 2.20. The summed E-state index contributed by atoms with van der Waals surface area (Å²) in [4.78, 5) is 16.4. The van der Waals surface area contributed by atoms with Crippen LogP contribution in [-0.2, 0) is 11.2 Å². The van der Waals surface area contributed by atoms with Crippen LogP contribution in [0.15, 0.2) is 54.9 Å². The van der Waals surface area contributed by atoms with Crippen molar-refractivity contribution in [3.8, 4) is 0 Å². The number of benzene rings is 1. The summed E-state index contributed by atoms with van der Waals surface area (Å²) in [5.74, 6) is 0.110. The van der Waals surface area contributed by atoms with Crippen molar-refractivity contribution in [2.75, 3.05) is 0 Å². The lowest BCUT2D eigenvalue weighted by Crippen LogP contribution is -2.28. The van der Waals surface area contributed by atoms with E-state index in [-0.39, 0.29) is 11.9 Å². The first-order valence-electron chi connectivity index (χ1n) is 8.53. The van der Waals surface area contributed by atoms with Gasteiger partial charge in [-0.25, -0.2) is 0 Å². The Kier molecular flexibility index (Phi) is 7.31. The van der Waals surface area contributed by atoms with Gasteiger partial charge in [0, 0.05) is 18.8 Å². The number of rotatable bonds is 9. The zero-order valence-corrected chi connectivity index (χ0v) is 13.9. The number of hydrogen-bond acceptors (Lipinski definition) is 2. The average Bonchev–Trinajstić information content (AvgIpc) is 2.61. The maximum absolute atomic E-state index is 12.3. The van der Waals surface area contributed by atoms with Crippen molar-refractivity contribution in [3.05, 3.63) is 66.0 Å². The first kappa shape index (κ1) is 17.2. The van der Waals surface area contributed by atoms with Gasteiger partial charge in [0.2, 0.25) is 5.91 Å². The fourth-order valence-electron chi connectivity index (χ4n) is 2.68. The zero-order valence-electron chi connectivity index (χ0n) is 13.9. The van der Waals surface area contributed by atoms with Gasteiger partial charge >= 0.3 is 0 Å². The second kappa shape index (κ2) is 9.78. The van der Waals surface area contributed by atoms with Crippen LogP contribution in [0.25, 0.3) is 0 Å². The van der Waals surface area contributed by atoms with Crippen LogP contribution in [0.3, 0.4) is 0 Å². The predicted octanol–water partition coefficient (Wildman–Crippen LogP) is 4.45. The summed E-state index contributed by atoms with van der Waals surface area (Å²) in [6, 6.07) is 14.3. The molecular formula is C20H26N2O. The van der Waals surface area contributed by atoms with Gasteiger partial charge < -0.3 is 5.32 Å². The number of nitrogens with zero attached hydrogens (tertiary/aromatic N) is 1. The molecule has 23 heavy (non-hydrogen) atoms. The standard InChI is InChI=1S/C20H26N2O/c1-2-3-5-12-19(18-10-6-4-7-11-18)22-20(23)14-13-17-9-8-15-21-16-17/h4,6-11,15-16,19H,2-3,5,12-14H2,1H3,(H,22,23). The predicted molar refractivity (Wildman–Crippen MR) is 94.0 cm³/mol. The van der Waals surface area contributed by atoms with Gasteiger partial charge in [0.1, 0.15) is 0 Å². The first-order valence-corrected chi connectivity index (χ1v) is 8.53. The molecule has 0 spiro atoms. The molecule has 1 aromatic heterocycles. The molecule has 0 aliphatic carbocycles. The van der Waals surface area contributed by atoms with Crippen molar-refractivity contribution in [2.45, 2.75) is 51.5 Å². The topological polar surface area (TPSA) is 42.0 Å². The van der Waals surface area contributed by atoms with Crippen molar-refractivity contribution in [3.63, 3.8) is 0 Å². The van der Waals surface area contributed by atoms with Crippen LogP contribution >= 0.6 is 0 Å². The number of pyridine rings is 1. The molecule has 2 aromatic rings. The van der Waals surface area contributed by atoms with Crippen LogP contribution in [0.5, 0.6) is 0 Å².